The average molecular weight is 292 g/mol. The number of nitrogens with zero attached hydrogens (tertiary/aromatic N) is 1. The van der Waals surface area contributed by atoms with Crippen molar-refractivity contribution in [2.24, 2.45) is 5.73 Å². The summed E-state index contributed by atoms with van der Waals surface area (Å²) in [4.78, 5) is 4.31. The smallest absolute Gasteiger partial charge is 0.150 e. The predicted molar refractivity (Wildman–Crippen MR) is 82.2 cm³/mol. The quantitative estimate of drug-likeness (QED) is 0.887. The number of nitrogens with two attached hydrogens (primary N) is 1. The van der Waals surface area contributed by atoms with E-state index >= 15 is 0 Å². The van der Waals surface area contributed by atoms with E-state index in [-0.39, 0.29) is 17.5 Å². The summed E-state index contributed by atoms with van der Waals surface area (Å²) < 4.78 is 23.0. The third-order valence-electron chi connectivity index (χ3n) is 3.49. The maximum atomic E-state index is 11.5. The van der Waals surface area contributed by atoms with Crippen molar-refractivity contribution in [3.05, 3.63) is 42.1 Å². The van der Waals surface area contributed by atoms with Gasteiger partial charge in [-0.25, -0.2) is 8.42 Å². The molecule has 0 radical (unpaired) electrons. The summed E-state index contributed by atoms with van der Waals surface area (Å²) in [6.07, 6.45) is 3.01. The second-order valence-corrected chi connectivity index (χ2v) is 7.38. The van der Waals surface area contributed by atoms with Crippen molar-refractivity contribution in [3.63, 3.8) is 0 Å². The van der Waals surface area contributed by atoms with E-state index in [2.05, 4.69) is 4.98 Å². The first-order valence-corrected chi connectivity index (χ1v) is 8.65. The van der Waals surface area contributed by atoms with Crippen LogP contribution in [-0.2, 0) is 9.84 Å². The van der Waals surface area contributed by atoms with Gasteiger partial charge in [0, 0.05) is 23.4 Å². The molecule has 0 fully saturated rings. The maximum Gasteiger partial charge on any atom is 0.150 e. The molecule has 0 saturated carbocycles. The highest BCUT2D eigenvalue weighted by molar-refractivity contribution is 7.91. The Labute approximate surface area is 119 Å². The molecule has 1 atom stereocenters. The van der Waals surface area contributed by atoms with Gasteiger partial charge in [-0.3, -0.25) is 4.98 Å². The largest absolute Gasteiger partial charge is 0.324 e. The highest BCUT2D eigenvalue weighted by Crippen LogP contribution is 2.24. The van der Waals surface area contributed by atoms with Gasteiger partial charge < -0.3 is 5.73 Å². The normalized spacial score (nSPS) is 13.5. The first-order chi connectivity index (χ1) is 9.53. The standard InChI is InChI=1S/C15H20N2O2S/c1-2-20(18,19)11-5-8-14(16)12-6-3-9-15-13(12)7-4-10-17-15/h3-4,6-7,9-10,14H,2,5,8,11,16H2,1H3. The summed E-state index contributed by atoms with van der Waals surface area (Å²) in [6, 6.07) is 9.61. The molecule has 4 nitrogen and oxygen atoms in total. The second-order valence-electron chi connectivity index (χ2n) is 4.90. The zero-order valence-electron chi connectivity index (χ0n) is 11.6. The van der Waals surface area contributed by atoms with Crippen molar-refractivity contribution in [2.75, 3.05) is 11.5 Å². The highest BCUT2D eigenvalue weighted by atomic mass is 32.2. The minimum absolute atomic E-state index is 0.157. The number of hydrogen-bond acceptors (Lipinski definition) is 4. The SMILES string of the molecule is CCS(=O)(=O)CCCC(N)c1cccc2ncccc12. The van der Waals surface area contributed by atoms with Crippen LogP contribution < -0.4 is 5.73 Å². The number of fused-ring (bicyclic) bond motifs is 1. The Morgan fingerprint density at radius 1 is 1.25 bits per heavy atom. The summed E-state index contributed by atoms with van der Waals surface area (Å²) in [7, 11) is -2.91. The molecule has 0 bridgehead atoms. The molecule has 5 heteroatoms. The van der Waals surface area contributed by atoms with Crippen molar-refractivity contribution in [2.45, 2.75) is 25.8 Å². The van der Waals surface area contributed by atoms with Crippen LogP contribution in [0.2, 0.25) is 0 Å². The number of sulfone groups is 1. The number of hydrogen-bond donors (Lipinski definition) is 1. The Bertz CT molecular complexity index is 678. The molecule has 1 aromatic heterocycles. The lowest BCUT2D eigenvalue weighted by atomic mass is 9.99. The molecule has 108 valence electrons. The van der Waals surface area contributed by atoms with E-state index in [1.807, 2.05) is 30.3 Å². The molecule has 2 rings (SSSR count). The Morgan fingerprint density at radius 2 is 2.05 bits per heavy atom. The van der Waals surface area contributed by atoms with Crippen molar-refractivity contribution < 1.29 is 8.42 Å². The van der Waals surface area contributed by atoms with Crippen LogP contribution in [0, 0.1) is 0 Å². The van der Waals surface area contributed by atoms with Gasteiger partial charge in [0.25, 0.3) is 0 Å². The molecule has 1 heterocycles. The molecule has 1 unspecified atom stereocenters. The van der Waals surface area contributed by atoms with E-state index in [4.69, 9.17) is 5.73 Å². The molecule has 0 spiro atoms. The van der Waals surface area contributed by atoms with E-state index in [0.29, 0.717) is 12.8 Å². The van der Waals surface area contributed by atoms with Gasteiger partial charge in [-0.15, -0.1) is 0 Å². The summed E-state index contributed by atoms with van der Waals surface area (Å²) in [5.41, 5.74) is 8.16. The molecule has 1 aromatic carbocycles. The van der Waals surface area contributed by atoms with Crippen LogP contribution in [0.25, 0.3) is 10.9 Å². The van der Waals surface area contributed by atoms with Crippen molar-refractivity contribution in [1.82, 2.24) is 4.98 Å². The van der Waals surface area contributed by atoms with Crippen LogP contribution in [0.5, 0.6) is 0 Å². The van der Waals surface area contributed by atoms with Gasteiger partial charge in [-0.05, 0) is 30.5 Å². The van der Waals surface area contributed by atoms with Crippen LogP contribution in [-0.4, -0.2) is 24.9 Å². The van der Waals surface area contributed by atoms with Gasteiger partial charge in [0.1, 0.15) is 9.84 Å². The molecule has 0 aliphatic heterocycles. The molecule has 20 heavy (non-hydrogen) atoms. The third-order valence-corrected chi connectivity index (χ3v) is 5.28. The van der Waals surface area contributed by atoms with Gasteiger partial charge in [0.2, 0.25) is 0 Å². The maximum absolute atomic E-state index is 11.5. The first kappa shape index (κ1) is 14.9. The zero-order chi connectivity index (χ0) is 14.6. The second kappa shape index (κ2) is 6.33. The average Bonchev–Trinajstić information content (AvgIpc) is 2.46. The number of aromatic nitrogens is 1. The molecule has 0 saturated heterocycles. The lowest BCUT2D eigenvalue weighted by Crippen LogP contribution is -2.14. The Hall–Kier alpha value is -1.46. The highest BCUT2D eigenvalue weighted by Gasteiger charge is 2.12. The third kappa shape index (κ3) is 3.55. The molecule has 0 aliphatic carbocycles. The van der Waals surface area contributed by atoms with E-state index in [0.717, 1.165) is 16.5 Å². The van der Waals surface area contributed by atoms with Crippen LogP contribution in [0.4, 0.5) is 0 Å². The fraction of sp³-hybridized carbons (Fsp3) is 0.400. The fourth-order valence-corrected chi connectivity index (χ4v) is 3.17. The summed E-state index contributed by atoms with van der Waals surface area (Å²) in [5.74, 6) is 0.403. The minimum Gasteiger partial charge on any atom is -0.324 e. The van der Waals surface area contributed by atoms with Gasteiger partial charge in [0.15, 0.2) is 0 Å². The van der Waals surface area contributed by atoms with Crippen molar-refractivity contribution >= 4 is 20.7 Å². The topological polar surface area (TPSA) is 73.0 Å². The predicted octanol–water partition coefficient (Wildman–Crippen LogP) is 2.45. The fourth-order valence-electron chi connectivity index (χ4n) is 2.27. The Morgan fingerprint density at radius 3 is 2.80 bits per heavy atom. The monoisotopic (exact) mass is 292 g/mol. The van der Waals surface area contributed by atoms with Crippen LogP contribution in [0.15, 0.2) is 36.5 Å². The Balaban J connectivity index is 2.10. The molecular formula is C15H20N2O2S. The minimum atomic E-state index is -2.91. The summed E-state index contributed by atoms with van der Waals surface area (Å²) >= 11 is 0. The Kier molecular flexibility index (Phi) is 4.73. The molecule has 0 amide bonds. The summed E-state index contributed by atoms with van der Waals surface area (Å²) in [6.45, 7) is 1.67. The zero-order valence-corrected chi connectivity index (χ0v) is 12.4. The van der Waals surface area contributed by atoms with E-state index < -0.39 is 9.84 Å². The lowest BCUT2D eigenvalue weighted by molar-refractivity contribution is 0.584. The van der Waals surface area contributed by atoms with Gasteiger partial charge in [-0.1, -0.05) is 25.1 Å². The van der Waals surface area contributed by atoms with E-state index in [9.17, 15) is 8.42 Å². The van der Waals surface area contributed by atoms with Crippen molar-refractivity contribution in [3.8, 4) is 0 Å². The van der Waals surface area contributed by atoms with Crippen LogP contribution in [0.3, 0.4) is 0 Å². The summed E-state index contributed by atoms with van der Waals surface area (Å²) in [5, 5.41) is 1.04. The van der Waals surface area contributed by atoms with Crippen LogP contribution >= 0.6 is 0 Å². The molecule has 0 aliphatic rings. The molecule has 2 N–H and O–H groups in total. The van der Waals surface area contributed by atoms with Crippen molar-refractivity contribution in [1.29, 1.82) is 0 Å². The van der Waals surface area contributed by atoms with Gasteiger partial charge >= 0.3 is 0 Å². The number of benzene rings is 1. The molecular weight excluding hydrogens is 272 g/mol. The lowest BCUT2D eigenvalue weighted by Gasteiger charge is -2.14. The number of pyridine rings is 1. The van der Waals surface area contributed by atoms with Crippen LogP contribution in [0.1, 0.15) is 31.4 Å². The first-order valence-electron chi connectivity index (χ1n) is 6.83. The van der Waals surface area contributed by atoms with E-state index in [1.165, 1.54) is 0 Å². The number of rotatable bonds is 6. The molecule has 2 aromatic rings. The van der Waals surface area contributed by atoms with Gasteiger partial charge in [0.05, 0.1) is 11.3 Å². The van der Waals surface area contributed by atoms with E-state index in [1.54, 1.807) is 13.1 Å². The van der Waals surface area contributed by atoms with Gasteiger partial charge in [-0.2, -0.15) is 0 Å².